The normalized spacial score (nSPS) is 19.8. The number of amides is 1. The van der Waals surface area contributed by atoms with Crippen LogP contribution < -0.4 is 11.2 Å². The molecule has 0 fully saturated rings. The lowest BCUT2D eigenvalue weighted by Crippen LogP contribution is -2.49. The molecule has 1 atom stereocenters. The molecule has 2 aliphatic rings. The molecule has 0 radical (unpaired) electrons. The van der Waals surface area contributed by atoms with E-state index in [1.807, 2.05) is 19.9 Å². The summed E-state index contributed by atoms with van der Waals surface area (Å²) < 4.78 is 14.8. The Morgan fingerprint density at radius 3 is 2.52 bits per heavy atom. The van der Waals surface area contributed by atoms with E-state index >= 15 is 0 Å². The van der Waals surface area contributed by atoms with Crippen LogP contribution in [0.3, 0.4) is 0 Å². The average Bonchev–Trinajstić information content (AvgIpc) is 2.75. The van der Waals surface area contributed by atoms with Crippen molar-refractivity contribution in [2.75, 3.05) is 0 Å². The van der Waals surface area contributed by atoms with Crippen LogP contribution in [0.1, 0.15) is 48.5 Å². The summed E-state index contributed by atoms with van der Waals surface area (Å²) >= 11 is 5.91. The van der Waals surface area contributed by atoms with Gasteiger partial charge in [0.1, 0.15) is 11.6 Å². The molecule has 6 nitrogen and oxygen atoms in total. The molecule has 1 aliphatic heterocycles. The second kappa shape index (κ2) is 8.38. The number of hydrazine groups is 1. The van der Waals surface area contributed by atoms with Gasteiger partial charge in [-0.15, -0.1) is 0 Å². The molecule has 0 bridgehead atoms. The summed E-state index contributed by atoms with van der Waals surface area (Å²) in [7, 11) is 0. The Morgan fingerprint density at radius 2 is 1.88 bits per heavy atom. The van der Waals surface area contributed by atoms with Crippen LogP contribution in [0.4, 0.5) is 4.39 Å². The minimum atomic E-state index is -0.946. The zero-order chi connectivity index (χ0) is 23.9. The molecule has 0 aromatic heterocycles. The largest absolute Gasteiger partial charge is 0.383 e. The number of carbonyl (C=O) groups excluding carboxylic acids is 2. The lowest BCUT2D eigenvalue weighted by molar-refractivity contribution is -0.118. The first-order valence-electron chi connectivity index (χ1n) is 10.4. The van der Waals surface area contributed by atoms with Crippen LogP contribution in [0.25, 0.3) is 0 Å². The number of hydrogen-bond acceptors (Lipinski definition) is 5. The number of allylic oxidation sites excluding steroid dienone is 3. The minimum Gasteiger partial charge on any atom is -0.383 e. The summed E-state index contributed by atoms with van der Waals surface area (Å²) in [5, 5.41) is 11.8. The Balaban J connectivity index is 1.87. The van der Waals surface area contributed by atoms with E-state index in [4.69, 9.17) is 17.3 Å². The molecule has 0 saturated heterocycles. The molecule has 8 heteroatoms. The lowest BCUT2D eigenvalue weighted by Gasteiger charge is -2.43. The van der Waals surface area contributed by atoms with Crippen molar-refractivity contribution < 1.29 is 14.0 Å². The number of nitriles is 1. The molecule has 33 heavy (non-hydrogen) atoms. The number of ketones is 1. The summed E-state index contributed by atoms with van der Waals surface area (Å²) in [6.07, 6.45) is 0.633. The van der Waals surface area contributed by atoms with Gasteiger partial charge < -0.3 is 5.73 Å². The third-order valence-corrected chi connectivity index (χ3v) is 6.17. The van der Waals surface area contributed by atoms with Crippen molar-refractivity contribution in [1.29, 1.82) is 5.26 Å². The topological polar surface area (TPSA) is 99.2 Å². The van der Waals surface area contributed by atoms with Crippen molar-refractivity contribution in [3.63, 3.8) is 0 Å². The van der Waals surface area contributed by atoms with Gasteiger partial charge in [-0.2, -0.15) is 5.26 Å². The van der Waals surface area contributed by atoms with Gasteiger partial charge in [-0.1, -0.05) is 43.6 Å². The van der Waals surface area contributed by atoms with Gasteiger partial charge in [0.15, 0.2) is 5.78 Å². The Hall–Kier alpha value is -3.63. The SMILES string of the molecule is CC1(C)CC(=O)C2=C(C1)N(NC(=O)c1ccc(Cl)cc1)C(N)=C(C#N)C2c1ccccc1F. The molecule has 1 unspecified atom stereocenters. The lowest BCUT2D eigenvalue weighted by atomic mass is 9.69. The highest BCUT2D eigenvalue weighted by Crippen LogP contribution is 2.48. The third kappa shape index (κ3) is 4.10. The Morgan fingerprint density at radius 1 is 1.21 bits per heavy atom. The van der Waals surface area contributed by atoms with E-state index in [0.717, 1.165) is 0 Å². The zero-order valence-electron chi connectivity index (χ0n) is 18.2. The third-order valence-electron chi connectivity index (χ3n) is 5.92. The van der Waals surface area contributed by atoms with Crippen LogP contribution in [-0.2, 0) is 4.79 Å². The fraction of sp³-hybridized carbons (Fsp3) is 0.240. The first kappa shape index (κ1) is 22.6. The number of Topliss-reactive ketones (excluding diaryl/α,β-unsaturated/α-hetero) is 1. The van der Waals surface area contributed by atoms with E-state index in [1.165, 1.54) is 11.1 Å². The molecule has 168 valence electrons. The molecule has 3 N–H and O–H groups in total. The average molecular weight is 465 g/mol. The molecule has 0 spiro atoms. The molecule has 0 saturated carbocycles. The minimum absolute atomic E-state index is 0.00307. The van der Waals surface area contributed by atoms with Gasteiger partial charge in [-0.05, 0) is 42.2 Å². The number of nitrogens with two attached hydrogens (primary N) is 1. The smallest absolute Gasteiger partial charge is 0.270 e. The molecule has 2 aromatic rings. The maximum absolute atomic E-state index is 14.8. The fourth-order valence-electron chi connectivity index (χ4n) is 4.42. The van der Waals surface area contributed by atoms with Gasteiger partial charge >= 0.3 is 0 Å². The summed E-state index contributed by atoms with van der Waals surface area (Å²) in [6, 6.07) is 14.3. The highest BCUT2D eigenvalue weighted by molar-refractivity contribution is 6.30. The van der Waals surface area contributed by atoms with Crippen LogP contribution in [0.15, 0.2) is 71.2 Å². The number of nitrogens with zero attached hydrogens (tertiary/aromatic N) is 2. The van der Waals surface area contributed by atoms with Gasteiger partial charge in [-0.3, -0.25) is 15.0 Å². The van der Waals surface area contributed by atoms with E-state index in [2.05, 4.69) is 5.43 Å². The van der Waals surface area contributed by atoms with Crippen molar-refractivity contribution >= 4 is 23.3 Å². The van der Waals surface area contributed by atoms with Crippen molar-refractivity contribution in [2.24, 2.45) is 11.1 Å². The van der Waals surface area contributed by atoms with Gasteiger partial charge in [-0.25, -0.2) is 9.40 Å². The first-order chi connectivity index (χ1) is 15.6. The van der Waals surface area contributed by atoms with E-state index in [0.29, 0.717) is 22.7 Å². The van der Waals surface area contributed by atoms with Crippen LogP contribution in [-0.4, -0.2) is 16.7 Å². The Labute approximate surface area is 196 Å². The Kier molecular flexibility index (Phi) is 5.73. The molecule has 2 aromatic carbocycles. The highest BCUT2D eigenvalue weighted by atomic mass is 35.5. The maximum Gasteiger partial charge on any atom is 0.270 e. The van der Waals surface area contributed by atoms with Crippen molar-refractivity contribution in [2.45, 2.75) is 32.6 Å². The molecule has 1 aliphatic carbocycles. The molecular weight excluding hydrogens is 443 g/mol. The molecule has 4 rings (SSSR count). The van der Waals surface area contributed by atoms with Crippen LogP contribution in [0, 0.1) is 22.6 Å². The van der Waals surface area contributed by atoms with Crippen LogP contribution >= 0.6 is 11.6 Å². The number of nitrogens with one attached hydrogen (secondary N) is 1. The highest BCUT2D eigenvalue weighted by Gasteiger charge is 2.45. The second-order valence-electron chi connectivity index (χ2n) is 8.95. The summed E-state index contributed by atoms with van der Waals surface area (Å²) in [6.45, 7) is 3.87. The van der Waals surface area contributed by atoms with Crippen molar-refractivity contribution in [3.8, 4) is 6.07 Å². The summed E-state index contributed by atoms with van der Waals surface area (Å²) in [5.74, 6) is -2.22. The van der Waals surface area contributed by atoms with E-state index in [1.54, 1.807) is 42.5 Å². The second-order valence-corrected chi connectivity index (χ2v) is 9.39. The van der Waals surface area contributed by atoms with Crippen LogP contribution in [0.2, 0.25) is 5.02 Å². The zero-order valence-corrected chi connectivity index (χ0v) is 18.9. The quantitative estimate of drug-likeness (QED) is 0.693. The summed E-state index contributed by atoms with van der Waals surface area (Å²) in [4.78, 5) is 26.3. The van der Waals surface area contributed by atoms with E-state index in [-0.39, 0.29) is 34.7 Å². The number of hydrogen-bond donors (Lipinski definition) is 2. The maximum atomic E-state index is 14.8. The van der Waals surface area contributed by atoms with Gasteiger partial charge in [0.25, 0.3) is 5.91 Å². The molecule has 1 heterocycles. The molecular formula is C25H22ClFN4O2. The van der Waals surface area contributed by atoms with Gasteiger partial charge in [0.05, 0.1) is 23.3 Å². The summed E-state index contributed by atoms with van der Waals surface area (Å²) in [5.41, 5.74) is 9.96. The first-order valence-corrected chi connectivity index (χ1v) is 10.8. The van der Waals surface area contributed by atoms with Crippen molar-refractivity contribution in [1.82, 2.24) is 10.4 Å². The fourth-order valence-corrected chi connectivity index (χ4v) is 4.55. The molecule has 1 amide bonds. The number of benzene rings is 2. The predicted octanol–water partition coefficient (Wildman–Crippen LogP) is 4.56. The van der Waals surface area contributed by atoms with E-state index < -0.39 is 23.1 Å². The predicted molar refractivity (Wildman–Crippen MR) is 122 cm³/mol. The van der Waals surface area contributed by atoms with Gasteiger partial charge in [0.2, 0.25) is 0 Å². The Bertz CT molecular complexity index is 1260. The van der Waals surface area contributed by atoms with Gasteiger partial charge in [0, 0.05) is 28.1 Å². The number of rotatable bonds is 3. The number of carbonyl (C=O) groups is 2. The van der Waals surface area contributed by atoms with Crippen LogP contribution in [0.5, 0.6) is 0 Å². The standard InChI is InChI=1S/C25H22ClFN4O2/c1-25(2)11-19-22(20(32)12-25)21(16-5-3-4-6-18(16)27)17(13-28)23(29)31(19)30-24(33)14-7-9-15(26)10-8-14/h3-10,21H,11-12,29H2,1-2H3,(H,30,33). The number of halogens is 2. The van der Waals surface area contributed by atoms with E-state index in [9.17, 15) is 19.2 Å². The van der Waals surface area contributed by atoms with Crippen molar-refractivity contribution in [3.05, 3.63) is 93.2 Å². The monoisotopic (exact) mass is 464 g/mol.